The van der Waals surface area contributed by atoms with Gasteiger partial charge in [-0.1, -0.05) is 13.0 Å². The smallest absolute Gasteiger partial charge is 0.235 e. The first kappa shape index (κ1) is 17.9. The Morgan fingerprint density at radius 1 is 1.19 bits per heavy atom. The van der Waals surface area contributed by atoms with Crippen LogP contribution in [0.25, 0.3) is 12.2 Å². The van der Waals surface area contributed by atoms with E-state index >= 15 is 0 Å². The van der Waals surface area contributed by atoms with Gasteiger partial charge in [0.1, 0.15) is 6.07 Å². The van der Waals surface area contributed by atoms with Gasteiger partial charge in [0.05, 0.1) is 14.2 Å². The molecule has 0 spiro atoms. The van der Waals surface area contributed by atoms with E-state index in [0.717, 1.165) is 31.5 Å². The standard InChI is InChI=1S/C20H23N3O3/c1-14-8-10-23(11-9-14)20-16(13-21)22-19(26-20)7-5-15-4-6-17(24-2)18(12-15)25-3/h4-7,12,14H,8-11H2,1-3H3/b7-5+. The zero-order valence-electron chi connectivity index (χ0n) is 15.4. The molecular weight excluding hydrogens is 330 g/mol. The van der Waals surface area contributed by atoms with Crippen molar-refractivity contribution in [3.63, 3.8) is 0 Å². The van der Waals surface area contributed by atoms with Gasteiger partial charge in [-0.15, -0.1) is 0 Å². The number of nitrogens with zero attached hydrogens (tertiary/aromatic N) is 3. The van der Waals surface area contributed by atoms with E-state index in [1.165, 1.54) is 0 Å². The van der Waals surface area contributed by atoms with E-state index in [0.29, 0.717) is 34.9 Å². The number of hydrogen-bond acceptors (Lipinski definition) is 6. The Balaban J connectivity index is 1.80. The van der Waals surface area contributed by atoms with Crippen molar-refractivity contribution in [2.45, 2.75) is 19.8 Å². The van der Waals surface area contributed by atoms with Crippen LogP contribution in [0.1, 0.15) is 36.9 Å². The molecule has 2 heterocycles. The molecule has 0 atom stereocenters. The molecule has 0 saturated carbocycles. The minimum atomic E-state index is 0.339. The highest BCUT2D eigenvalue weighted by atomic mass is 16.5. The molecule has 0 unspecified atom stereocenters. The van der Waals surface area contributed by atoms with Gasteiger partial charge in [-0.2, -0.15) is 10.2 Å². The lowest BCUT2D eigenvalue weighted by molar-refractivity contribution is 0.355. The summed E-state index contributed by atoms with van der Waals surface area (Å²) in [6.45, 7) is 4.04. The summed E-state index contributed by atoms with van der Waals surface area (Å²) in [5.74, 6) is 3.04. The average Bonchev–Trinajstić information content (AvgIpc) is 3.10. The number of hydrogen-bond donors (Lipinski definition) is 0. The molecule has 26 heavy (non-hydrogen) atoms. The summed E-state index contributed by atoms with van der Waals surface area (Å²) in [5.41, 5.74) is 1.26. The van der Waals surface area contributed by atoms with E-state index in [1.54, 1.807) is 20.3 Å². The van der Waals surface area contributed by atoms with Crippen molar-refractivity contribution in [1.82, 2.24) is 4.98 Å². The quantitative estimate of drug-likeness (QED) is 0.810. The fourth-order valence-electron chi connectivity index (χ4n) is 3.02. The highest BCUT2D eigenvalue weighted by Crippen LogP contribution is 2.30. The van der Waals surface area contributed by atoms with Gasteiger partial charge >= 0.3 is 0 Å². The molecule has 3 rings (SSSR count). The first-order valence-corrected chi connectivity index (χ1v) is 8.70. The van der Waals surface area contributed by atoms with Crippen LogP contribution < -0.4 is 14.4 Å². The number of aromatic nitrogens is 1. The van der Waals surface area contributed by atoms with E-state index in [2.05, 4.69) is 22.9 Å². The third-order valence-corrected chi connectivity index (χ3v) is 4.63. The molecule has 1 fully saturated rings. The van der Waals surface area contributed by atoms with Crippen molar-refractivity contribution < 1.29 is 13.9 Å². The third kappa shape index (κ3) is 3.83. The van der Waals surface area contributed by atoms with Crippen LogP contribution in [0.4, 0.5) is 5.88 Å². The second-order valence-electron chi connectivity index (χ2n) is 6.43. The number of ether oxygens (including phenoxy) is 2. The van der Waals surface area contributed by atoms with Crippen LogP contribution in [0.15, 0.2) is 22.6 Å². The maximum Gasteiger partial charge on any atom is 0.235 e. The Morgan fingerprint density at radius 3 is 2.58 bits per heavy atom. The van der Waals surface area contributed by atoms with Gasteiger partial charge in [-0.25, -0.2) is 0 Å². The van der Waals surface area contributed by atoms with Crippen molar-refractivity contribution in [2.24, 2.45) is 5.92 Å². The summed E-state index contributed by atoms with van der Waals surface area (Å²) < 4.78 is 16.4. The fourth-order valence-corrected chi connectivity index (χ4v) is 3.02. The molecule has 1 aromatic heterocycles. The largest absolute Gasteiger partial charge is 0.493 e. The van der Waals surface area contributed by atoms with E-state index in [-0.39, 0.29) is 0 Å². The second kappa shape index (κ2) is 7.96. The van der Waals surface area contributed by atoms with Crippen LogP contribution in [0.3, 0.4) is 0 Å². The van der Waals surface area contributed by atoms with Crippen LogP contribution >= 0.6 is 0 Å². The van der Waals surface area contributed by atoms with E-state index < -0.39 is 0 Å². The van der Waals surface area contributed by atoms with Crippen molar-refractivity contribution in [3.05, 3.63) is 35.3 Å². The van der Waals surface area contributed by atoms with Gasteiger partial charge < -0.3 is 18.8 Å². The number of methoxy groups -OCH3 is 2. The molecule has 1 saturated heterocycles. The molecule has 0 amide bonds. The summed E-state index contributed by atoms with van der Waals surface area (Å²) in [6, 6.07) is 7.77. The molecule has 6 heteroatoms. The Hall–Kier alpha value is -2.94. The number of anilines is 1. The predicted molar refractivity (Wildman–Crippen MR) is 100 cm³/mol. The average molecular weight is 353 g/mol. The summed E-state index contributed by atoms with van der Waals surface area (Å²) in [4.78, 5) is 6.41. The molecule has 1 aliphatic heterocycles. The maximum atomic E-state index is 9.37. The Morgan fingerprint density at radius 2 is 1.92 bits per heavy atom. The zero-order chi connectivity index (χ0) is 18.5. The van der Waals surface area contributed by atoms with Crippen LogP contribution in [0.5, 0.6) is 11.5 Å². The van der Waals surface area contributed by atoms with Gasteiger partial charge in [0.25, 0.3) is 0 Å². The SMILES string of the molecule is COc1ccc(/C=C/c2nc(C#N)c(N3CCC(C)CC3)o2)cc1OC. The van der Waals surface area contributed by atoms with Crippen molar-refractivity contribution in [1.29, 1.82) is 5.26 Å². The number of benzene rings is 1. The van der Waals surface area contributed by atoms with Crippen molar-refractivity contribution >= 4 is 18.0 Å². The summed E-state index contributed by atoms with van der Waals surface area (Å²) in [5, 5.41) is 9.37. The van der Waals surface area contributed by atoms with Gasteiger partial charge in [-0.3, -0.25) is 0 Å². The minimum absolute atomic E-state index is 0.339. The number of oxazole rings is 1. The van der Waals surface area contributed by atoms with Gasteiger partial charge in [0.2, 0.25) is 17.5 Å². The van der Waals surface area contributed by atoms with Crippen molar-refractivity contribution in [3.8, 4) is 17.6 Å². The predicted octanol–water partition coefficient (Wildman–Crippen LogP) is 3.97. The molecule has 136 valence electrons. The van der Waals surface area contributed by atoms with Crippen molar-refractivity contribution in [2.75, 3.05) is 32.2 Å². The molecule has 0 bridgehead atoms. The molecule has 2 aromatic rings. The lowest BCUT2D eigenvalue weighted by Crippen LogP contribution is -2.32. The second-order valence-corrected chi connectivity index (χ2v) is 6.43. The summed E-state index contributed by atoms with van der Waals surface area (Å²) in [6.07, 6.45) is 5.83. The van der Waals surface area contributed by atoms with E-state index in [4.69, 9.17) is 13.9 Å². The van der Waals surface area contributed by atoms with Crippen LogP contribution in [-0.2, 0) is 0 Å². The molecule has 0 radical (unpaired) electrons. The van der Waals surface area contributed by atoms with E-state index in [9.17, 15) is 5.26 Å². The van der Waals surface area contributed by atoms with Gasteiger partial charge in [-0.05, 0) is 42.5 Å². The number of nitriles is 1. The molecule has 6 nitrogen and oxygen atoms in total. The first-order valence-electron chi connectivity index (χ1n) is 8.70. The number of rotatable bonds is 5. The lowest BCUT2D eigenvalue weighted by atomic mass is 9.99. The summed E-state index contributed by atoms with van der Waals surface area (Å²) >= 11 is 0. The van der Waals surface area contributed by atoms with Crippen LogP contribution in [0, 0.1) is 17.2 Å². The Labute approximate surface area is 153 Å². The molecule has 0 aliphatic carbocycles. The summed E-state index contributed by atoms with van der Waals surface area (Å²) in [7, 11) is 3.21. The normalized spacial score (nSPS) is 15.2. The van der Waals surface area contributed by atoms with Crippen LogP contribution in [0.2, 0.25) is 0 Å². The minimum Gasteiger partial charge on any atom is -0.493 e. The number of piperidine rings is 1. The molecule has 1 aromatic carbocycles. The molecular formula is C20H23N3O3. The Kier molecular flexibility index (Phi) is 5.47. The monoisotopic (exact) mass is 353 g/mol. The fraction of sp³-hybridized carbons (Fsp3) is 0.400. The zero-order valence-corrected chi connectivity index (χ0v) is 15.4. The Bertz CT molecular complexity index is 827. The maximum absolute atomic E-state index is 9.37. The van der Waals surface area contributed by atoms with Gasteiger partial charge in [0.15, 0.2) is 11.5 Å². The lowest BCUT2D eigenvalue weighted by Gasteiger charge is -2.29. The highest BCUT2D eigenvalue weighted by molar-refractivity contribution is 5.69. The van der Waals surface area contributed by atoms with Crippen LogP contribution in [-0.4, -0.2) is 32.3 Å². The first-order chi connectivity index (χ1) is 12.6. The molecule has 1 aliphatic rings. The van der Waals surface area contributed by atoms with Gasteiger partial charge in [0, 0.05) is 19.2 Å². The topological polar surface area (TPSA) is 71.5 Å². The van der Waals surface area contributed by atoms with E-state index in [1.807, 2.05) is 24.3 Å². The third-order valence-electron chi connectivity index (χ3n) is 4.63. The highest BCUT2D eigenvalue weighted by Gasteiger charge is 2.23. The molecule has 0 N–H and O–H groups in total.